The number of amides is 2. The molecule has 0 atom stereocenters. The number of halogens is 2. The number of carbonyl (C=O) groups is 2. The largest absolute Gasteiger partial charge is 0.492 e. The molecule has 3 aromatic rings. The average Bonchev–Trinajstić information content (AvgIpc) is 3.22. The molecule has 34 heavy (non-hydrogen) atoms. The van der Waals surface area contributed by atoms with E-state index in [0.717, 1.165) is 50.0 Å². The van der Waals surface area contributed by atoms with Crippen LogP contribution in [0.5, 0.6) is 5.75 Å². The zero-order chi connectivity index (χ0) is 24.6. The number of carbonyl (C=O) groups excluding carboxylic acids is 2. The summed E-state index contributed by atoms with van der Waals surface area (Å²) in [5, 5.41) is -0.327. The summed E-state index contributed by atoms with van der Waals surface area (Å²) in [5.41, 5.74) is 6.27. The highest BCUT2D eigenvalue weighted by Crippen LogP contribution is 2.34. The van der Waals surface area contributed by atoms with E-state index < -0.39 is 0 Å². The normalized spacial score (nSPS) is 15.0. The van der Waals surface area contributed by atoms with Crippen LogP contribution in [0.1, 0.15) is 28.1 Å². The van der Waals surface area contributed by atoms with Crippen molar-refractivity contribution in [3.05, 3.63) is 85.7 Å². The lowest BCUT2D eigenvalue weighted by molar-refractivity contribution is -0.123. The molecule has 0 radical (unpaired) electrons. The predicted molar refractivity (Wildman–Crippen MR) is 137 cm³/mol. The number of hydrogen-bond acceptors (Lipinski definition) is 4. The maximum Gasteiger partial charge on any atom is 0.293 e. The molecule has 1 aromatic heterocycles. The second-order valence-corrected chi connectivity index (χ2v) is 9.98. The van der Waals surface area contributed by atoms with Gasteiger partial charge in [-0.1, -0.05) is 15.9 Å². The number of ether oxygens (including phenoxy) is 1. The number of nitrogens with zero attached hydrogens (tertiary/aromatic N) is 2. The van der Waals surface area contributed by atoms with Gasteiger partial charge in [-0.2, -0.15) is 0 Å². The maximum absolute atomic E-state index is 13.0. The van der Waals surface area contributed by atoms with Gasteiger partial charge in [0.15, 0.2) is 0 Å². The summed E-state index contributed by atoms with van der Waals surface area (Å²) in [6.07, 6.45) is 1.78. The standard InChI is InChI=1S/C26H24BrFN2O3S/c1-15-11-21(12-16(2)24(15)27)30-17(3)13-19(18(30)4)14-23-25(31)29(26(32)34-23)9-10-33-22-7-5-20(28)6-8-22/h5-8,11-14H,9-10H2,1-4H3/b23-14-. The summed E-state index contributed by atoms with van der Waals surface area (Å²) in [5.74, 6) is -0.208. The number of aryl methyl sites for hydroxylation is 3. The average molecular weight is 543 g/mol. The molecule has 176 valence electrons. The van der Waals surface area contributed by atoms with Gasteiger partial charge in [-0.15, -0.1) is 0 Å². The van der Waals surface area contributed by atoms with Crippen LogP contribution in [0.4, 0.5) is 9.18 Å². The van der Waals surface area contributed by atoms with Crippen LogP contribution in [-0.2, 0) is 4.79 Å². The molecule has 0 aliphatic carbocycles. The maximum atomic E-state index is 13.0. The molecule has 0 spiro atoms. The van der Waals surface area contributed by atoms with E-state index >= 15 is 0 Å². The van der Waals surface area contributed by atoms with Crippen molar-refractivity contribution in [2.24, 2.45) is 0 Å². The van der Waals surface area contributed by atoms with E-state index in [2.05, 4.69) is 46.5 Å². The third-order valence-corrected chi connectivity index (χ3v) is 7.87. The van der Waals surface area contributed by atoms with Gasteiger partial charge in [-0.05, 0) is 105 Å². The molecule has 0 saturated carbocycles. The van der Waals surface area contributed by atoms with Gasteiger partial charge in [0, 0.05) is 21.5 Å². The van der Waals surface area contributed by atoms with Gasteiger partial charge in [0.05, 0.1) is 11.4 Å². The van der Waals surface area contributed by atoms with Gasteiger partial charge >= 0.3 is 0 Å². The van der Waals surface area contributed by atoms with Crippen molar-refractivity contribution in [1.29, 1.82) is 0 Å². The Morgan fingerprint density at radius 2 is 1.68 bits per heavy atom. The second-order valence-electron chi connectivity index (χ2n) is 8.19. The van der Waals surface area contributed by atoms with Crippen molar-refractivity contribution in [3.8, 4) is 11.4 Å². The Morgan fingerprint density at radius 1 is 1.03 bits per heavy atom. The van der Waals surface area contributed by atoms with Crippen molar-refractivity contribution in [3.63, 3.8) is 0 Å². The monoisotopic (exact) mass is 542 g/mol. The topological polar surface area (TPSA) is 51.5 Å². The van der Waals surface area contributed by atoms with Crippen molar-refractivity contribution in [2.45, 2.75) is 27.7 Å². The number of thioether (sulfide) groups is 1. The van der Waals surface area contributed by atoms with E-state index in [0.29, 0.717) is 10.7 Å². The summed E-state index contributed by atoms with van der Waals surface area (Å²) in [6.45, 7) is 8.41. The zero-order valence-electron chi connectivity index (χ0n) is 19.3. The van der Waals surface area contributed by atoms with Crippen LogP contribution in [0.15, 0.2) is 51.8 Å². The number of aromatic nitrogens is 1. The van der Waals surface area contributed by atoms with Crippen molar-refractivity contribution < 1.29 is 18.7 Å². The molecule has 2 heterocycles. The molecule has 2 aromatic carbocycles. The number of hydrogen-bond donors (Lipinski definition) is 0. The molecular formula is C26H24BrFN2O3S. The summed E-state index contributed by atoms with van der Waals surface area (Å²) < 4.78 is 21.8. The second kappa shape index (κ2) is 9.80. The van der Waals surface area contributed by atoms with Gasteiger partial charge in [-0.3, -0.25) is 14.5 Å². The SMILES string of the molecule is Cc1cc(-n2c(C)cc(/C=C3\SC(=O)N(CCOc4ccc(F)cc4)C3=O)c2C)cc(C)c1Br. The highest BCUT2D eigenvalue weighted by atomic mass is 79.9. The van der Waals surface area contributed by atoms with Crippen molar-refractivity contribution in [1.82, 2.24) is 9.47 Å². The highest BCUT2D eigenvalue weighted by molar-refractivity contribution is 9.10. The van der Waals surface area contributed by atoms with Crippen LogP contribution in [0.25, 0.3) is 11.8 Å². The highest BCUT2D eigenvalue weighted by Gasteiger charge is 2.35. The summed E-state index contributed by atoms with van der Waals surface area (Å²) in [4.78, 5) is 26.9. The number of imide groups is 1. The van der Waals surface area contributed by atoms with Gasteiger partial charge in [0.25, 0.3) is 11.1 Å². The molecule has 0 N–H and O–H groups in total. The molecule has 1 saturated heterocycles. The first-order valence-electron chi connectivity index (χ1n) is 10.8. The van der Waals surface area contributed by atoms with Crippen LogP contribution < -0.4 is 4.74 Å². The Bertz CT molecular complexity index is 1290. The van der Waals surface area contributed by atoms with E-state index in [1.54, 1.807) is 6.08 Å². The van der Waals surface area contributed by atoms with E-state index in [1.807, 2.05) is 19.9 Å². The smallest absolute Gasteiger partial charge is 0.293 e. The van der Waals surface area contributed by atoms with Gasteiger partial charge in [-0.25, -0.2) is 4.39 Å². The van der Waals surface area contributed by atoms with E-state index in [4.69, 9.17) is 4.74 Å². The van der Waals surface area contributed by atoms with E-state index in [-0.39, 0.29) is 30.1 Å². The molecule has 4 rings (SSSR count). The Labute approximate surface area is 210 Å². The lowest BCUT2D eigenvalue weighted by Gasteiger charge is -2.13. The summed E-state index contributed by atoms with van der Waals surface area (Å²) in [6, 6.07) is 11.9. The first-order chi connectivity index (χ1) is 16.2. The molecule has 1 fully saturated rings. The predicted octanol–water partition coefficient (Wildman–Crippen LogP) is 6.73. The number of rotatable bonds is 6. The summed E-state index contributed by atoms with van der Waals surface area (Å²) >= 11 is 4.55. The fourth-order valence-electron chi connectivity index (χ4n) is 4.00. The minimum atomic E-state index is -0.354. The third-order valence-electron chi connectivity index (χ3n) is 5.71. The molecule has 5 nitrogen and oxygen atoms in total. The fraction of sp³-hybridized carbons (Fsp3) is 0.231. The van der Waals surface area contributed by atoms with Gasteiger partial charge < -0.3 is 9.30 Å². The summed E-state index contributed by atoms with van der Waals surface area (Å²) in [7, 11) is 0. The van der Waals surface area contributed by atoms with Crippen LogP contribution in [0, 0.1) is 33.5 Å². The van der Waals surface area contributed by atoms with Crippen LogP contribution >= 0.6 is 27.7 Å². The Hall–Kier alpha value is -2.84. The Kier molecular flexibility index (Phi) is 7.00. The first-order valence-corrected chi connectivity index (χ1v) is 12.4. The van der Waals surface area contributed by atoms with Gasteiger partial charge in [0.1, 0.15) is 18.2 Å². The molecule has 0 unspecified atom stereocenters. The van der Waals surface area contributed by atoms with Gasteiger partial charge in [0.2, 0.25) is 0 Å². The number of benzene rings is 2. The third kappa shape index (κ3) is 4.83. The first kappa shape index (κ1) is 24.3. The van der Waals surface area contributed by atoms with Crippen LogP contribution in [0.3, 0.4) is 0 Å². The minimum absolute atomic E-state index is 0.121. The lowest BCUT2D eigenvalue weighted by Crippen LogP contribution is -2.32. The zero-order valence-corrected chi connectivity index (χ0v) is 21.7. The molecular weight excluding hydrogens is 519 g/mol. The van der Waals surface area contributed by atoms with Crippen LogP contribution in [-0.4, -0.2) is 33.8 Å². The van der Waals surface area contributed by atoms with E-state index in [9.17, 15) is 14.0 Å². The quantitative estimate of drug-likeness (QED) is 0.324. The molecule has 2 amide bonds. The Morgan fingerprint density at radius 3 is 2.32 bits per heavy atom. The molecule has 8 heteroatoms. The van der Waals surface area contributed by atoms with Crippen molar-refractivity contribution >= 4 is 44.9 Å². The molecule has 1 aliphatic rings. The molecule has 1 aliphatic heterocycles. The van der Waals surface area contributed by atoms with E-state index in [1.165, 1.54) is 29.2 Å². The van der Waals surface area contributed by atoms with Crippen molar-refractivity contribution in [2.75, 3.05) is 13.2 Å². The van der Waals surface area contributed by atoms with Crippen LogP contribution in [0.2, 0.25) is 0 Å². The molecule has 0 bridgehead atoms. The minimum Gasteiger partial charge on any atom is -0.492 e. The fourth-order valence-corrected chi connectivity index (χ4v) is 5.09. The Balaban J connectivity index is 1.52. The lowest BCUT2D eigenvalue weighted by atomic mass is 10.1.